The molecule has 5 nitrogen and oxygen atoms in total. The Balaban J connectivity index is 0.000000437. The normalized spacial score (nSPS) is 9.29. The predicted octanol–water partition coefficient (Wildman–Crippen LogP) is 1.97. The molecule has 1 aromatic heterocycles. The van der Waals surface area contributed by atoms with Crippen molar-refractivity contribution in [2.75, 3.05) is 0 Å². The fraction of sp³-hybridized carbons (Fsp3) is 0.167. The van der Waals surface area contributed by atoms with E-state index in [1.54, 1.807) is 24.3 Å². The Morgan fingerprint density at radius 1 is 1.41 bits per heavy atom. The summed E-state index contributed by atoms with van der Waals surface area (Å²) < 4.78 is 4.91. The molecule has 2 N–H and O–H groups in total. The van der Waals surface area contributed by atoms with Crippen molar-refractivity contribution in [2.24, 2.45) is 0 Å². The van der Waals surface area contributed by atoms with Crippen LogP contribution < -0.4 is 10.4 Å². The number of H-pyrrole nitrogens is 2. The number of hydrogen-bond acceptors (Lipinski definition) is 3. The Morgan fingerprint density at radius 2 is 2.06 bits per heavy atom. The zero-order chi connectivity index (χ0) is 12.8. The molecule has 0 radical (unpaired) electrons. The maximum atomic E-state index is 11.0. The molecule has 0 saturated heterocycles. The summed E-state index contributed by atoms with van der Waals surface area (Å²) in [5.74, 6) is -0.0621. The molecule has 1 aromatic carbocycles. The molecule has 0 aliphatic rings. The van der Waals surface area contributed by atoms with E-state index in [-0.39, 0.29) is 5.69 Å². The zero-order valence-corrected chi connectivity index (χ0v) is 9.74. The summed E-state index contributed by atoms with van der Waals surface area (Å²) in [7, 11) is 0. The number of carbonyl (C=O) groups excluding carboxylic acids is 1. The van der Waals surface area contributed by atoms with Crippen LogP contribution in [0.15, 0.2) is 35.6 Å². The lowest BCUT2D eigenvalue weighted by Crippen LogP contribution is -2.02. The van der Waals surface area contributed by atoms with Gasteiger partial charge in [0.1, 0.15) is 5.52 Å². The molecule has 17 heavy (non-hydrogen) atoms. The van der Waals surface area contributed by atoms with E-state index >= 15 is 0 Å². The first-order chi connectivity index (χ1) is 8.08. The number of benzene rings is 1. The van der Waals surface area contributed by atoms with Crippen LogP contribution >= 0.6 is 0 Å². The molecule has 0 atom stereocenters. The Kier molecular flexibility index (Phi) is 4.28. The number of allylic oxidation sites excluding steroid dienone is 1. The van der Waals surface area contributed by atoms with Crippen LogP contribution in [0.1, 0.15) is 13.8 Å². The molecule has 0 aliphatic heterocycles. The summed E-state index contributed by atoms with van der Waals surface area (Å²) in [6.07, 6.45) is 1.75. The fourth-order valence-corrected chi connectivity index (χ4v) is 1.27. The van der Waals surface area contributed by atoms with E-state index in [4.69, 9.17) is 4.74 Å². The van der Waals surface area contributed by atoms with E-state index in [0.717, 1.165) is 0 Å². The molecule has 0 fully saturated rings. The second-order valence-electron chi connectivity index (χ2n) is 3.26. The Labute approximate surface area is 98.1 Å². The van der Waals surface area contributed by atoms with Crippen molar-refractivity contribution >= 4 is 17.0 Å². The minimum atomic E-state index is -0.417. The van der Waals surface area contributed by atoms with Gasteiger partial charge in [-0.1, -0.05) is 12.1 Å². The summed E-state index contributed by atoms with van der Waals surface area (Å²) in [5, 5.41) is 0. The van der Waals surface area contributed by atoms with Gasteiger partial charge in [-0.05, 0) is 19.1 Å². The highest BCUT2D eigenvalue weighted by Crippen LogP contribution is 2.20. The number of esters is 1. The van der Waals surface area contributed by atoms with Crippen LogP contribution in [0.3, 0.4) is 0 Å². The SMILES string of the molecule is C=CC.CC(=O)Oc1cccc2[nH]c(=O)[nH]c12. The van der Waals surface area contributed by atoms with Gasteiger partial charge in [-0.25, -0.2) is 4.79 Å². The average Bonchev–Trinajstić information content (AvgIpc) is 2.60. The summed E-state index contributed by atoms with van der Waals surface area (Å²) in [4.78, 5) is 26.8. The van der Waals surface area contributed by atoms with Crippen LogP contribution in [-0.2, 0) is 4.79 Å². The quantitative estimate of drug-likeness (QED) is 0.450. The lowest BCUT2D eigenvalue weighted by atomic mass is 10.3. The number of hydrogen-bond donors (Lipinski definition) is 2. The van der Waals surface area contributed by atoms with Gasteiger partial charge in [-0.15, -0.1) is 6.58 Å². The Bertz CT molecular complexity index is 581. The summed E-state index contributed by atoms with van der Waals surface area (Å²) in [6, 6.07) is 5.04. The lowest BCUT2D eigenvalue weighted by Gasteiger charge is -2.00. The molecule has 1 heterocycles. The smallest absolute Gasteiger partial charge is 0.323 e. The van der Waals surface area contributed by atoms with Crippen molar-refractivity contribution in [1.29, 1.82) is 0 Å². The molecule has 2 rings (SSSR count). The van der Waals surface area contributed by atoms with Crippen molar-refractivity contribution in [3.05, 3.63) is 41.3 Å². The van der Waals surface area contributed by atoms with Gasteiger partial charge in [0.25, 0.3) is 0 Å². The average molecular weight is 234 g/mol. The van der Waals surface area contributed by atoms with Crippen molar-refractivity contribution in [3.8, 4) is 5.75 Å². The van der Waals surface area contributed by atoms with Crippen molar-refractivity contribution in [3.63, 3.8) is 0 Å². The van der Waals surface area contributed by atoms with Crippen molar-refractivity contribution in [1.82, 2.24) is 9.97 Å². The number of aromatic nitrogens is 2. The van der Waals surface area contributed by atoms with Gasteiger partial charge in [0, 0.05) is 6.92 Å². The van der Waals surface area contributed by atoms with Gasteiger partial charge in [0.15, 0.2) is 5.75 Å². The molecule has 0 bridgehead atoms. The second kappa shape index (κ2) is 5.69. The molecular weight excluding hydrogens is 220 g/mol. The summed E-state index contributed by atoms with van der Waals surface area (Å²) in [5.41, 5.74) is 0.807. The molecular formula is C12H14N2O3. The molecule has 0 spiro atoms. The first-order valence-electron chi connectivity index (χ1n) is 5.05. The second-order valence-corrected chi connectivity index (χ2v) is 3.26. The van der Waals surface area contributed by atoms with E-state index in [9.17, 15) is 9.59 Å². The standard InChI is InChI=1S/C9H8N2O3.C3H6/c1-5(12)14-7-4-2-3-6-8(7)11-9(13)10-6;1-3-2/h2-4H,1H3,(H2,10,11,13);3H,1H2,2H3. The third-order valence-electron chi connectivity index (χ3n) is 1.77. The number of para-hydroxylation sites is 1. The summed E-state index contributed by atoms with van der Waals surface area (Å²) in [6.45, 7) is 6.56. The number of fused-ring (bicyclic) bond motifs is 1. The largest absolute Gasteiger partial charge is 0.424 e. The molecule has 2 aromatic rings. The van der Waals surface area contributed by atoms with E-state index in [1.807, 2.05) is 6.92 Å². The number of carbonyl (C=O) groups is 1. The predicted molar refractivity (Wildman–Crippen MR) is 66.1 cm³/mol. The molecule has 0 amide bonds. The van der Waals surface area contributed by atoms with E-state index in [2.05, 4.69) is 16.5 Å². The van der Waals surface area contributed by atoms with Gasteiger partial charge in [-0.2, -0.15) is 0 Å². The first-order valence-corrected chi connectivity index (χ1v) is 5.05. The number of imidazole rings is 1. The van der Waals surface area contributed by atoms with Crippen LogP contribution in [0.5, 0.6) is 5.75 Å². The monoisotopic (exact) mass is 234 g/mol. The first kappa shape index (κ1) is 12.8. The highest BCUT2D eigenvalue weighted by molar-refractivity contribution is 5.84. The molecule has 0 saturated carbocycles. The highest BCUT2D eigenvalue weighted by Gasteiger charge is 2.06. The van der Waals surface area contributed by atoms with Crippen molar-refractivity contribution in [2.45, 2.75) is 13.8 Å². The van der Waals surface area contributed by atoms with E-state index in [1.165, 1.54) is 6.92 Å². The Hall–Kier alpha value is -2.30. The van der Waals surface area contributed by atoms with Crippen LogP contribution in [0.25, 0.3) is 11.0 Å². The van der Waals surface area contributed by atoms with Crippen molar-refractivity contribution < 1.29 is 9.53 Å². The number of ether oxygens (including phenoxy) is 1. The topological polar surface area (TPSA) is 75.0 Å². The maximum absolute atomic E-state index is 11.0. The summed E-state index contributed by atoms with van der Waals surface area (Å²) >= 11 is 0. The van der Waals surface area contributed by atoms with Gasteiger partial charge in [0.2, 0.25) is 0 Å². The molecule has 5 heteroatoms. The lowest BCUT2D eigenvalue weighted by molar-refractivity contribution is -0.131. The third-order valence-corrected chi connectivity index (χ3v) is 1.77. The minimum absolute atomic E-state index is 0.320. The van der Waals surface area contributed by atoms with E-state index in [0.29, 0.717) is 16.8 Å². The van der Waals surface area contributed by atoms with Gasteiger partial charge in [-0.3, -0.25) is 4.79 Å². The van der Waals surface area contributed by atoms with Gasteiger partial charge in [0.05, 0.1) is 5.52 Å². The van der Waals surface area contributed by atoms with Gasteiger partial charge >= 0.3 is 11.7 Å². The molecule has 90 valence electrons. The van der Waals surface area contributed by atoms with Crippen LogP contribution in [0, 0.1) is 0 Å². The van der Waals surface area contributed by atoms with Crippen LogP contribution in [0.2, 0.25) is 0 Å². The Morgan fingerprint density at radius 3 is 2.65 bits per heavy atom. The number of aromatic amines is 2. The maximum Gasteiger partial charge on any atom is 0.323 e. The zero-order valence-electron chi connectivity index (χ0n) is 9.74. The number of nitrogens with one attached hydrogen (secondary N) is 2. The third kappa shape index (κ3) is 3.34. The molecule has 0 aliphatic carbocycles. The van der Waals surface area contributed by atoms with E-state index < -0.39 is 5.97 Å². The fourth-order valence-electron chi connectivity index (χ4n) is 1.27. The van der Waals surface area contributed by atoms with Gasteiger partial charge < -0.3 is 14.7 Å². The minimum Gasteiger partial charge on any atom is -0.424 e. The number of rotatable bonds is 1. The highest BCUT2D eigenvalue weighted by atomic mass is 16.5. The van der Waals surface area contributed by atoms with Crippen LogP contribution in [0.4, 0.5) is 0 Å². The molecule has 0 unspecified atom stereocenters. The van der Waals surface area contributed by atoms with Crippen LogP contribution in [-0.4, -0.2) is 15.9 Å².